The van der Waals surface area contributed by atoms with Crippen molar-refractivity contribution < 1.29 is 0 Å². The van der Waals surface area contributed by atoms with Crippen LogP contribution in [0.3, 0.4) is 0 Å². The lowest BCUT2D eigenvalue weighted by molar-refractivity contribution is -0.134. The minimum absolute atomic E-state index is 0.335. The Labute approximate surface area is 119 Å². The van der Waals surface area contributed by atoms with Crippen LogP contribution in [0.15, 0.2) is 0 Å². The summed E-state index contributed by atoms with van der Waals surface area (Å²) in [5, 5.41) is 0. The fraction of sp³-hybridized carbons (Fsp3) is 1.00. The van der Waals surface area contributed by atoms with Gasteiger partial charge in [0.05, 0.1) is 0 Å². The second-order valence-electron chi connectivity index (χ2n) is 7.75. The van der Waals surface area contributed by atoms with Crippen molar-refractivity contribution in [1.29, 1.82) is 0 Å². The van der Waals surface area contributed by atoms with E-state index in [1.54, 1.807) is 0 Å². The third kappa shape index (κ3) is 1.98. The molecule has 19 heavy (non-hydrogen) atoms. The molecule has 110 valence electrons. The monoisotopic (exact) mass is 264 g/mol. The van der Waals surface area contributed by atoms with Crippen LogP contribution >= 0.6 is 0 Å². The number of rotatable bonds is 5. The van der Waals surface area contributed by atoms with Crippen molar-refractivity contribution in [3.63, 3.8) is 0 Å². The van der Waals surface area contributed by atoms with Gasteiger partial charge in [-0.1, -0.05) is 13.3 Å². The summed E-state index contributed by atoms with van der Waals surface area (Å²) in [5.41, 5.74) is 6.72. The van der Waals surface area contributed by atoms with Crippen LogP contribution < -0.4 is 5.73 Å². The van der Waals surface area contributed by atoms with Crippen molar-refractivity contribution in [2.75, 3.05) is 13.6 Å². The summed E-state index contributed by atoms with van der Waals surface area (Å²) >= 11 is 0. The highest BCUT2D eigenvalue weighted by Gasteiger charge is 2.58. The molecule has 0 aromatic rings. The van der Waals surface area contributed by atoms with Gasteiger partial charge in [0.25, 0.3) is 0 Å². The van der Waals surface area contributed by atoms with Crippen LogP contribution in [-0.4, -0.2) is 30.1 Å². The number of hydrogen-bond acceptors (Lipinski definition) is 2. The van der Waals surface area contributed by atoms with E-state index in [4.69, 9.17) is 5.73 Å². The van der Waals surface area contributed by atoms with Crippen LogP contribution in [0.25, 0.3) is 0 Å². The van der Waals surface area contributed by atoms with Crippen LogP contribution in [0.2, 0.25) is 0 Å². The van der Waals surface area contributed by atoms with Gasteiger partial charge in [-0.15, -0.1) is 0 Å². The van der Waals surface area contributed by atoms with Crippen molar-refractivity contribution in [1.82, 2.24) is 4.90 Å². The largest absolute Gasteiger partial charge is 0.329 e. The molecule has 0 saturated heterocycles. The molecule has 4 rings (SSSR count). The first-order valence-corrected chi connectivity index (χ1v) is 8.54. The molecule has 2 nitrogen and oxygen atoms in total. The lowest BCUT2D eigenvalue weighted by Gasteiger charge is -2.65. The normalized spacial score (nSPS) is 45.9. The van der Waals surface area contributed by atoms with E-state index in [1.165, 1.54) is 44.9 Å². The Bertz CT molecular complexity index is 297. The second kappa shape index (κ2) is 5.04. The Kier molecular flexibility index (Phi) is 3.68. The molecule has 0 amide bonds. The summed E-state index contributed by atoms with van der Waals surface area (Å²) < 4.78 is 0. The maximum absolute atomic E-state index is 6.38. The molecule has 1 atom stereocenters. The minimum Gasteiger partial charge on any atom is -0.329 e. The van der Waals surface area contributed by atoms with E-state index < -0.39 is 0 Å². The molecule has 4 bridgehead atoms. The maximum Gasteiger partial charge on any atom is 0.0388 e. The van der Waals surface area contributed by atoms with Gasteiger partial charge in [0.1, 0.15) is 0 Å². The fourth-order valence-electron chi connectivity index (χ4n) is 6.08. The fourth-order valence-corrected chi connectivity index (χ4v) is 6.08. The van der Waals surface area contributed by atoms with Crippen molar-refractivity contribution >= 4 is 0 Å². The first kappa shape index (κ1) is 13.9. The smallest absolute Gasteiger partial charge is 0.0388 e. The zero-order valence-electron chi connectivity index (χ0n) is 13.1. The first-order chi connectivity index (χ1) is 9.11. The van der Waals surface area contributed by atoms with E-state index in [9.17, 15) is 0 Å². The quantitative estimate of drug-likeness (QED) is 0.826. The highest BCUT2D eigenvalue weighted by atomic mass is 15.2. The Balaban J connectivity index is 1.86. The second-order valence-corrected chi connectivity index (χ2v) is 7.75. The van der Waals surface area contributed by atoms with Gasteiger partial charge in [-0.05, 0) is 76.2 Å². The van der Waals surface area contributed by atoms with Crippen molar-refractivity contribution in [2.24, 2.45) is 29.4 Å². The van der Waals surface area contributed by atoms with Crippen molar-refractivity contribution in [3.05, 3.63) is 0 Å². The average Bonchev–Trinajstić information content (AvgIpc) is 2.38. The SMILES string of the molecule is CCCC(C)N(C)C1(CN)C2CC3CC(C2)CC1C3. The van der Waals surface area contributed by atoms with Crippen LogP contribution in [-0.2, 0) is 0 Å². The van der Waals surface area contributed by atoms with E-state index in [0.29, 0.717) is 11.6 Å². The topological polar surface area (TPSA) is 29.3 Å². The van der Waals surface area contributed by atoms with Crippen LogP contribution in [0.4, 0.5) is 0 Å². The van der Waals surface area contributed by atoms with E-state index in [-0.39, 0.29) is 0 Å². The standard InChI is InChI=1S/C17H32N2/c1-4-5-12(2)19(3)17(11-18)15-7-13-6-14(9-15)10-16(17)8-13/h12-16H,4-11,18H2,1-3H3. The number of likely N-dealkylation sites (N-methyl/N-ethyl adjacent to an activating group) is 1. The molecule has 0 aliphatic heterocycles. The summed E-state index contributed by atoms with van der Waals surface area (Å²) in [4.78, 5) is 2.71. The predicted octanol–water partition coefficient (Wildman–Crippen LogP) is 3.26. The molecule has 4 saturated carbocycles. The Morgan fingerprint density at radius 3 is 2.05 bits per heavy atom. The molecule has 0 aromatic heterocycles. The lowest BCUT2D eigenvalue weighted by Crippen LogP contribution is -2.69. The van der Waals surface area contributed by atoms with E-state index in [1.807, 2.05) is 0 Å². The minimum atomic E-state index is 0.335. The first-order valence-electron chi connectivity index (χ1n) is 8.54. The molecule has 0 spiro atoms. The Morgan fingerprint density at radius 2 is 1.63 bits per heavy atom. The molecule has 0 heterocycles. The van der Waals surface area contributed by atoms with Crippen LogP contribution in [0.5, 0.6) is 0 Å². The van der Waals surface area contributed by atoms with E-state index in [0.717, 1.165) is 30.2 Å². The molecule has 1 unspecified atom stereocenters. The van der Waals surface area contributed by atoms with Gasteiger partial charge >= 0.3 is 0 Å². The predicted molar refractivity (Wildman–Crippen MR) is 81.0 cm³/mol. The number of nitrogens with two attached hydrogens (primary N) is 1. The Hall–Kier alpha value is -0.0800. The molecule has 4 aliphatic carbocycles. The van der Waals surface area contributed by atoms with Gasteiger partial charge in [0, 0.05) is 18.1 Å². The summed E-state index contributed by atoms with van der Waals surface area (Å²) in [7, 11) is 2.37. The van der Waals surface area contributed by atoms with Crippen molar-refractivity contribution in [2.45, 2.75) is 70.4 Å². The number of hydrogen-bond donors (Lipinski definition) is 1. The third-order valence-corrected chi connectivity index (χ3v) is 6.90. The zero-order valence-corrected chi connectivity index (χ0v) is 13.1. The van der Waals surface area contributed by atoms with Gasteiger partial charge in [-0.25, -0.2) is 0 Å². The van der Waals surface area contributed by atoms with Gasteiger partial charge in [-0.3, -0.25) is 4.90 Å². The molecular weight excluding hydrogens is 232 g/mol. The van der Waals surface area contributed by atoms with E-state index in [2.05, 4.69) is 25.8 Å². The molecule has 0 radical (unpaired) electrons. The molecule has 2 heteroatoms. The summed E-state index contributed by atoms with van der Waals surface area (Å²) in [6.07, 6.45) is 9.99. The number of nitrogens with zero attached hydrogens (tertiary/aromatic N) is 1. The van der Waals surface area contributed by atoms with Gasteiger partial charge in [0.2, 0.25) is 0 Å². The van der Waals surface area contributed by atoms with Gasteiger partial charge < -0.3 is 5.73 Å². The molecular formula is C17H32N2. The van der Waals surface area contributed by atoms with Gasteiger partial charge in [-0.2, -0.15) is 0 Å². The summed E-state index contributed by atoms with van der Waals surface area (Å²) in [6.45, 7) is 5.59. The van der Waals surface area contributed by atoms with Gasteiger partial charge in [0.15, 0.2) is 0 Å². The third-order valence-electron chi connectivity index (χ3n) is 6.90. The van der Waals surface area contributed by atoms with Crippen molar-refractivity contribution in [3.8, 4) is 0 Å². The average molecular weight is 264 g/mol. The highest BCUT2D eigenvalue weighted by Crippen LogP contribution is 2.59. The summed E-state index contributed by atoms with van der Waals surface area (Å²) in [5.74, 6) is 3.85. The maximum atomic E-state index is 6.38. The van der Waals surface area contributed by atoms with E-state index >= 15 is 0 Å². The van der Waals surface area contributed by atoms with Crippen LogP contribution in [0, 0.1) is 23.7 Å². The summed E-state index contributed by atoms with van der Waals surface area (Å²) in [6, 6.07) is 0.686. The molecule has 0 aromatic carbocycles. The molecule has 4 fully saturated rings. The van der Waals surface area contributed by atoms with Crippen LogP contribution in [0.1, 0.15) is 58.8 Å². The molecule has 4 aliphatic rings. The molecule has 2 N–H and O–H groups in total. The lowest BCUT2D eigenvalue weighted by atomic mass is 9.48. The Morgan fingerprint density at radius 1 is 1.11 bits per heavy atom. The highest BCUT2D eigenvalue weighted by molar-refractivity contribution is 5.12. The zero-order chi connectivity index (χ0) is 13.6.